The van der Waals surface area contributed by atoms with Crippen LogP contribution in [0.4, 0.5) is 0 Å². The molecule has 0 amide bonds. The van der Waals surface area contributed by atoms with Crippen molar-refractivity contribution < 1.29 is 0 Å². The second kappa shape index (κ2) is 4.79. The van der Waals surface area contributed by atoms with Gasteiger partial charge in [0.1, 0.15) is 0 Å². The molecule has 0 heterocycles. The molecule has 11 heavy (non-hydrogen) atoms. The summed E-state index contributed by atoms with van der Waals surface area (Å²) < 4.78 is 0. The maximum atomic E-state index is 4.24. The van der Waals surface area contributed by atoms with Crippen molar-refractivity contribution in [1.82, 2.24) is 0 Å². The van der Waals surface area contributed by atoms with Crippen molar-refractivity contribution in [2.75, 3.05) is 0 Å². The highest BCUT2D eigenvalue weighted by Crippen LogP contribution is 2.32. The van der Waals surface area contributed by atoms with E-state index in [9.17, 15) is 0 Å². The lowest BCUT2D eigenvalue weighted by Gasteiger charge is -2.28. The van der Waals surface area contributed by atoms with Crippen molar-refractivity contribution in [2.45, 2.75) is 47.0 Å². The molecule has 66 valence electrons. The van der Waals surface area contributed by atoms with Crippen LogP contribution in [-0.2, 0) is 0 Å². The minimum absolute atomic E-state index is 0.232. The van der Waals surface area contributed by atoms with Crippen LogP contribution in [0.15, 0.2) is 0 Å². The number of rotatable bonds is 5. The molecular weight excluding hydrogens is 132 g/mol. The molecule has 2 radical (unpaired) electrons. The Morgan fingerprint density at radius 1 is 1.27 bits per heavy atom. The zero-order valence-corrected chi connectivity index (χ0v) is 8.48. The van der Waals surface area contributed by atoms with Gasteiger partial charge < -0.3 is 0 Å². The molecule has 0 aliphatic carbocycles. The molecule has 0 aromatic heterocycles. The number of hydrogen-bond acceptors (Lipinski definition) is 0. The summed E-state index contributed by atoms with van der Waals surface area (Å²) in [5, 5.41) is 0. The first-order chi connectivity index (χ1) is 5.08. The van der Waals surface area contributed by atoms with Gasteiger partial charge in [-0.05, 0) is 24.7 Å². The van der Waals surface area contributed by atoms with E-state index in [1.165, 1.54) is 6.42 Å². The Morgan fingerprint density at radius 2 is 1.73 bits per heavy atom. The van der Waals surface area contributed by atoms with Gasteiger partial charge in [-0.15, -0.1) is 0 Å². The van der Waals surface area contributed by atoms with Crippen molar-refractivity contribution in [3.63, 3.8) is 0 Å². The monoisotopic (exact) mass is 154 g/mol. The van der Waals surface area contributed by atoms with Crippen LogP contribution in [0.1, 0.15) is 47.0 Å². The van der Waals surface area contributed by atoms with Gasteiger partial charge >= 0.3 is 0 Å². The van der Waals surface area contributed by atoms with Crippen LogP contribution in [0.2, 0.25) is 0 Å². The molecule has 0 bridgehead atoms. The third-order valence-electron chi connectivity index (χ3n) is 2.69. The fraction of sp³-hybridized carbons (Fsp3) is 0.818. The smallest absolute Gasteiger partial charge is 0.0269 e. The van der Waals surface area contributed by atoms with Gasteiger partial charge in [-0.25, -0.2) is 0 Å². The van der Waals surface area contributed by atoms with E-state index in [-0.39, 0.29) is 5.41 Å². The molecule has 0 saturated carbocycles. The van der Waals surface area contributed by atoms with Gasteiger partial charge in [0, 0.05) is 0 Å². The van der Waals surface area contributed by atoms with E-state index in [4.69, 9.17) is 0 Å². The maximum absolute atomic E-state index is 4.24. The van der Waals surface area contributed by atoms with E-state index in [2.05, 4.69) is 41.0 Å². The molecule has 0 rings (SSSR count). The summed E-state index contributed by atoms with van der Waals surface area (Å²) in [6.45, 7) is 13.2. The van der Waals surface area contributed by atoms with Gasteiger partial charge in [-0.2, -0.15) is 0 Å². The van der Waals surface area contributed by atoms with Gasteiger partial charge in [0.2, 0.25) is 0 Å². The number of hydrogen-bond donors (Lipinski definition) is 0. The molecule has 0 nitrogen and oxygen atoms in total. The Balaban J connectivity index is 3.86. The van der Waals surface area contributed by atoms with Gasteiger partial charge in [0.25, 0.3) is 0 Å². The van der Waals surface area contributed by atoms with E-state index >= 15 is 0 Å². The summed E-state index contributed by atoms with van der Waals surface area (Å²) in [7, 11) is 0. The summed E-state index contributed by atoms with van der Waals surface area (Å²) >= 11 is 0. The van der Waals surface area contributed by atoms with Crippen LogP contribution in [0.3, 0.4) is 0 Å². The van der Waals surface area contributed by atoms with Gasteiger partial charge in [-0.3, -0.25) is 0 Å². The molecule has 1 atom stereocenters. The minimum atomic E-state index is 0.232. The second-order valence-electron chi connectivity index (χ2n) is 3.62. The predicted octanol–water partition coefficient (Wildman–Crippen LogP) is 3.88. The molecule has 0 heteroatoms. The molecule has 0 N–H and O–H groups in total. The van der Waals surface area contributed by atoms with Gasteiger partial charge in [0.15, 0.2) is 0 Å². The molecule has 0 saturated heterocycles. The lowest BCUT2D eigenvalue weighted by molar-refractivity contribution is 0.363. The quantitative estimate of drug-likeness (QED) is 0.564. The lowest BCUT2D eigenvalue weighted by atomic mass is 9.77. The average Bonchev–Trinajstić information content (AvgIpc) is 2.04. The third-order valence-corrected chi connectivity index (χ3v) is 2.69. The highest BCUT2D eigenvalue weighted by molar-refractivity contribution is 4.95. The zero-order valence-electron chi connectivity index (χ0n) is 8.48. The standard InChI is InChI=1S/C11H22/c1-6-10(4)9-11(5,7-2)8-3/h9-10H,5-8H2,1-4H3. The Morgan fingerprint density at radius 3 is 2.00 bits per heavy atom. The highest BCUT2D eigenvalue weighted by Gasteiger charge is 2.21. The summed E-state index contributed by atoms with van der Waals surface area (Å²) in [5.74, 6) is 0.715. The Hall–Kier alpha value is 0. The first-order valence-corrected chi connectivity index (χ1v) is 4.79. The molecule has 0 aromatic carbocycles. The van der Waals surface area contributed by atoms with Crippen molar-refractivity contribution in [2.24, 2.45) is 11.3 Å². The predicted molar refractivity (Wildman–Crippen MR) is 52.1 cm³/mol. The zero-order chi connectivity index (χ0) is 8.91. The Labute approximate surface area is 72.4 Å². The van der Waals surface area contributed by atoms with E-state index < -0.39 is 0 Å². The normalized spacial score (nSPS) is 15.0. The fourth-order valence-electron chi connectivity index (χ4n) is 1.21. The molecule has 0 aliphatic rings. The average molecular weight is 154 g/mol. The largest absolute Gasteiger partial charge is 0.0651 e. The summed E-state index contributed by atoms with van der Waals surface area (Å²) in [6.07, 6.45) is 5.96. The topological polar surface area (TPSA) is 0 Å². The van der Waals surface area contributed by atoms with Gasteiger partial charge in [-0.1, -0.05) is 47.0 Å². The molecule has 0 spiro atoms. The Kier molecular flexibility index (Phi) is 4.79. The van der Waals surface area contributed by atoms with Crippen molar-refractivity contribution in [1.29, 1.82) is 0 Å². The summed E-state index contributed by atoms with van der Waals surface area (Å²) in [4.78, 5) is 0. The Bertz CT molecular complexity index is 90.2. The van der Waals surface area contributed by atoms with Crippen molar-refractivity contribution >= 4 is 0 Å². The minimum Gasteiger partial charge on any atom is -0.0651 e. The van der Waals surface area contributed by atoms with Crippen LogP contribution in [-0.4, -0.2) is 0 Å². The van der Waals surface area contributed by atoms with E-state index in [0.717, 1.165) is 12.8 Å². The molecule has 0 fully saturated rings. The maximum Gasteiger partial charge on any atom is -0.0269 e. The summed E-state index contributed by atoms with van der Waals surface area (Å²) in [5.41, 5.74) is 0.232. The molecule has 0 aliphatic heterocycles. The van der Waals surface area contributed by atoms with E-state index in [1.807, 2.05) is 0 Å². The van der Waals surface area contributed by atoms with Crippen LogP contribution in [0, 0.1) is 24.7 Å². The van der Waals surface area contributed by atoms with Gasteiger partial charge in [0.05, 0.1) is 0 Å². The van der Waals surface area contributed by atoms with Crippen LogP contribution < -0.4 is 0 Å². The van der Waals surface area contributed by atoms with E-state index in [1.54, 1.807) is 0 Å². The molecule has 0 aromatic rings. The molecule has 1 unspecified atom stereocenters. The summed E-state index contributed by atoms with van der Waals surface area (Å²) in [6, 6.07) is 0. The second-order valence-corrected chi connectivity index (χ2v) is 3.62. The highest BCUT2D eigenvalue weighted by atomic mass is 14.3. The first-order valence-electron chi connectivity index (χ1n) is 4.79. The van der Waals surface area contributed by atoms with Crippen LogP contribution in [0.25, 0.3) is 0 Å². The lowest BCUT2D eigenvalue weighted by Crippen LogP contribution is -2.18. The molecular formula is C11H22. The van der Waals surface area contributed by atoms with Crippen molar-refractivity contribution in [3.8, 4) is 0 Å². The van der Waals surface area contributed by atoms with E-state index in [0.29, 0.717) is 5.92 Å². The third kappa shape index (κ3) is 3.79. The fourth-order valence-corrected chi connectivity index (χ4v) is 1.21. The SMILES string of the molecule is [CH2]C([CH]C(C)CC)(CC)CC. The first kappa shape index (κ1) is 11.0. The van der Waals surface area contributed by atoms with Crippen LogP contribution in [0.5, 0.6) is 0 Å². The van der Waals surface area contributed by atoms with Crippen molar-refractivity contribution in [3.05, 3.63) is 13.3 Å². The van der Waals surface area contributed by atoms with Crippen LogP contribution >= 0.6 is 0 Å².